The average Bonchev–Trinajstić information content (AvgIpc) is 3.55. The Bertz CT molecular complexity index is 2090. The molecule has 1 aliphatic carbocycles. The Balaban J connectivity index is 1.18. The van der Waals surface area contributed by atoms with Gasteiger partial charge in [0.1, 0.15) is 40.1 Å². The first kappa shape index (κ1) is 31.7. The molecule has 4 aromatic rings. The number of nitrogens with one attached hydrogen (secondary N) is 1. The Morgan fingerprint density at radius 1 is 1.12 bits per heavy atom. The van der Waals surface area contributed by atoms with E-state index in [2.05, 4.69) is 15.2 Å². The van der Waals surface area contributed by atoms with Crippen molar-refractivity contribution in [3.63, 3.8) is 0 Å². The molecule has 0 spiro atoms. The van der Waals surface area contributed by atoms with E-state index >= 15 is 8.78 Å². The molecule has 4 unspecified atom stereocenters. The van der Waals surface area contributed by atoms with Gasteiger partial charge in [0, 0.05) is 54.8 Å². The molecule has 1 saturated carbocycles. The number of fused-ring (bicyclic) bond motifs is 6. The van der Waals surface area contributed by atoms with E-state index in [-0.39, 0.29) is 82.8 Å². The number of aromatic nitrogens is 3. The Morgan fingerprint density at radius 3 is 2.72 bits per heavy atom. The fourth-order valence-electron chi connectivity index (χ4n) is 8.79. The Kier molecular flexibility index (Phi) is 7.40. The van der Waals surface area contributed by atoms with Crippen molar-refractivity contribution in [3.8, 4) is 28.9 Å². The lowest BCUT2D eigenvalue weighted by molar-refractivity contribution is 0.154. The molecule has 13 heteroatoms. The molecule has 5 aliphatic rings. The first-order valence-corrected chi connectivity index (χ1v) is 17.5. The highest BCUT2D eigenvalue weighted by Crippen LogP contribution is 2.49. The number of halogens is 4. The Labute approximate surface area is 286 Å². The summed E-state index contributed by atoms with van der Waals surface area (Å²) in [5, 5.41) is 15.8. The number of nitrogens with zero attached hydrogens (tertiary/aromatic N) is 5. The maximum Gasteiger partial charge on any atom is 0.319 e. The van der Waals surface area contributed by atoms with Gasteiger partial charge in [-0.25, -0.2) is 13.8 Å². The van der Waals surface area contributed by atoms with Crippen LogP contribution in [0.25, 0.3) is 32.9 Å². The van der Waals surface area contributed by atoms with Crippen molar-refractivity contribution >= 4 is 27.5 Å². The zero-order valence-corrected chi connectivity index (χ0v) is 27.9. The van der Waals surface area contributed by atoms with Crippen molar-refractivity contribution < 1.29 is 32.1 Å². The molecule has 2 aromatic carbocycles. The van der Waals surface area contributed by atoms with Gasteiger partial charge in [0.25, 0.3) is 6.08 Å². The van der Waals surface area contributed by atoms with E-state index < -0.39 is 17.7 Å². The minimum Gasteiger partial charge on any atom is -0.508 e. The van der Waals surface area contributed by atoms with Gasteiger partial charge < -0.3 is 24.8 Å². The fraction of sp³-hybridized carbons (Fsp3) is 0.486. The predicted octanol–water partition coefficient (Wildman–Crippen LogP) is 6.50. The maximum absolute atomic E-state index is 17.2. The van der Waals surface area contributed by atoms with Gasteiger partial charge in [-0.1, -0.05) is 13.0 Å². The molecule has 9 rings (SSSR count). The van der Waals surface area contributed by atoms with E-state index in [0.29, 0.717) is 60.0 Å². The summed E-state index contributed by atoms with van der Waals surface area (Å²) in [6, 6.07) is 6.10. The first-order valence-electron chi connectivity index (χ1n) is 17.5. The summed E-state index contributed by atoms with van der Waals surface area (Å²) in [7, 11) is 0. The van der Waals surface area contributed by atoms with Gasteiger partial charge >= 0.3 is 6.01 Å². The van der Waals surface area contributed by atoms with Crippen LogP contribution in [0.4, 0.5) is 23.4 Å². The lowest BCUT2D eigenvalue weighted by atomic mass is 9.94. The van der Waals surface area contributed by atoms with Crippen LogP contribution in [0, 0.1) is 17.0 Å². The van der Waals surface area contributed by atoms with E-state index in [1.54, 1.807) is 6.07 Å². The third kappa shape index (κ3) is 5.14. The third-order valence-electron chi connectivity index (χ3n) is 11.4. The second-order valence-corrected chi connectivity index (χ2v) is 14.7. The quantitative estimate of drug-likeness (QED) is 0.211. The van der Waals surface area contributed by atoms with Gasteiger partial charge in [0.05, 0.1) is 12.6 Å². The molecule has 2 bridgehead atoms. The summed E-state index contributed by atoms with van der Waals surface area (Å²) in [5.41, 5.74) is 0.427. The number of hydrogen-bond donors (Lipinski definition) is 2. The van der Waals surface area contributed by atoms with Crippen LogP contribution in [0.2, 0.25) is 0 Å². The lowest BCUT2D eigenvalue weighted by Gasteiger charge is -2.42. The molecule has 2 aromatic heterocycles. The SMILES string of the molecule is CCc1c(F)ccc2cc(O)cc(-c3nc4c5c(nc(OCC6(CN7CCC(=C(F)F)C7)CC6)nc5c3F)N3CC5CCC(N5)C3C(C)O4)c12. The summed E-state index contributed by atoms with van der Waals surface area (Å²) in [6.45, 7) is 6.15. The second kappa shape index (κ2) is 11.7. The van der Waals surface area contributed by atoms with Crippen molar-refractivity contribution in [2.45, 2.75) is 76.6 Å². The van der Waals surface area contributed by atoms with Crippen molar-refractivity contribution in [2.24, 2.45) is 5.41 Å². The molecule has 0 radical (unpaired) electrons. The molecule has 0 amide bonds. The second-order valence-electron chi connectivity index (χ2n) is 14.7. The number of phenols is 1. The molecule has 4 atom stereocenters. The molecule has 3 saturated heterocycles. The van der Waals surface area contributed by atoms with Gasteiger partial charge in [0.15, 0.2) is 5.82 Å². The number of aryl methyl sites for hydroxylation is 1. The van der Waals surface area contributed by atoms with E-state index in [4.69, 9.17) is 19.4 Å². The highest BCUT2D eigenvalue weighted by molar-refractivity contribution is 6.03. The molecule has 4 aliphatic heterocycles. The normalized spacial score (nSPS) is 25.2. The highest BCUT2D eigenvalue weighted by atomic mass is 19.3. The fourth-order valence-corrected chi connectivity index (χ4v) is 8.79. The summed E-state index contributed by atoms with van der Waals surface area (Å²) >= 11 is 0. The number of benzene rings is 2. The number of hydrogen-bond acceptors (Lipinski definition) is 9. The van der Waals surface area contributed by atoms with E-state index in [1.807, 2.05) is 18.7 Å². The number of piperazine rings is 1. The van der Waals surface area contributed by atoms with Crippen LogP contribution in [-0.4, -0.2) is 82.0 Å². The highest BCUT2D eigenvalue weighted by Gasteiger charge is 2.48. The molecular weight excluding hydrogens is 652 g/mol. The molecular formula is C37H38F4N6O3. The van der Waals surface area contributed by atoms with Crippen LogP contribution >= 0.6 is 0 Å². The molecule has 9 nitrogen and oxygen atoms in total. The standard InChI is InChI=1S/C37H38F4N6O3/c1-3-23-25(38)6-4-19-12-22(48)13-24(27(19)23)30-29(39)31-28-34(47-15-21-5-7-26(42-21)32(47)18(2)50-35(28)43-30)45-36(44-31)49-17-37(9-10-37)16-46-11-8-20(14-46)33(40)41/h4,6,12-13,18,21,26,32,42,48H,3,5,7-11,14-17H2,1-2H3. The van der Waals surface area contributed by atoms with Crippen molar-refractivity contribution in [3.05, 3.63) is 53.1 Å². The third-order valence-corrected chi connectivity index (χ3v) is 11.4. The number of anilines is 1. The zero-order chi connectivity index (χ0) is 34.5. The van der Waals surface area contributed by atoms with Gasteiger partial charge in [-0.15, -0.1) is 0 Å². The number of phenolic OH excluding ortho intramolecular Hbond substituents is 1. The summed E-state index contributed by atoms with van der Waals surface area (Å²) in [6.07, 6.45) is 2.48. The largest absolute Gasteiger partial charge is 0.508 e. The minimum absolute atomic E-state index is 0.0119. The lowest BCUT2D eigenvalue weighted by Crippen LogP contribution is -2.62. The van der Waals surface area contributed by atoms with Crippen LogP contribution in [-0.2, 0) is 6.42 Å². The Morgan fingerprint density at radius 2 is 1.96 bits per heavy atom. The van der Waals surface area contributed by atoms with Gasteiger partial charge in [-0.2, -0.15) is 18.7 Å². The average molecular weight is 691 g/mol. The Hall–Kier alpha value is -4.23. The number of likely N-dealkylation sites (tertiary alicyclic amines) is 1. The van der Waals surface area contributed by atoms with Gasteiger partial charge in [0.2, 0.25) is 5.88 Å². The summed E-state index contributed by atoms with van der Waals surface area (Å²) in [5.74, 6) is -0.642. The van der Waals surface area contributed by atoms with Crippen LogP contribution in [0.1, 0.15) is 51.5 Å². The van der Waals surface area contributed by atoms with Gasteiger partial charge in [-0.05, 0) is 80.0 Å². The van der Waals surface area contributed by atoms with Crippen LogP contribution in [0.5, 0.6) is 17.6 Å². The van der Waals surface area contributed by atoms with Crippen LogP contribution < -0.4 is 19.7 Å². The summed E-state index contributed by atoms with van der Waals surface area (Å²) in [4.78, 5) is 18.6. The van der Waals surface area contributed by atoms with Crippen molar-refractivity contribution in [1.82, 2.24) is 25.2 Å². The van der Waals surface area contributed by atoms with Crippen molar-refractivity contribution in [2.75, 3.05) is 37.7 Å². The minimum atomic E-state index is -1.59. The number of pyridine rings is 1. The predicted molar refractivity (Wildman–Crippen MR) is 180 cm³/mol. The molecule has 2 N–H and O–H groups in total. The molecule has 50 heavy (non-hydrogen) atoms. The topological polar surface area (TPSA) is 95.9 Å². The smallest absolute Gasteiger partial charge is 0.319 e. The van der Waals surface area contributed by atoms with Crippen LogP contribution in [0.3, 0.4) is 0 Å². The molecule has 6 heterocycles. The monoisotopic (exact) mass is 690 g/mol. The van der Waals surface area contributed by atoms with E-state index in [0.717, 1.165) is 25.7 Å². The zero-order valence-electron chi connectivity index (χ0n) is 27.9. The number of aromatic hydroxyl groups is 1. The van der Waals surface area contributed by atoms with Gasteiger partial charge in [-0.3, -0.25) is 4.90 Å². The molecule has 4 fully saturated rings. The van der Waals surface area contributed by atoms with Crippen LogP contribution in [0.15, 0.2) is 35.9 Å². The van der Waals surface area contributed by atoms with E-state index in [9.17, 15) is 13.9 Å². The molecule has 262 valence electrons. The maximum atomic E-state index is 17.2. The van der Waals surface area contributed by atoms with Crippen molar-refractivity contribution in [1.29, 1.82) is 0 Å². The number of ether oxygens (including phenoxy) is 2. The van der Waals surface area contributed by atoms with E-state index in [1.165, 1.54) is 18.2 Å². The first-order chi connectivity index (χ1) is 24.1. The summed E-state index contributed by atoms with van der Waals surface area (Å²) < 4.78 is 71.7. The number of rotatable bonds is 7.